The van der Waals surface area contributed by atoms with Gasteiger partial charge in [-0.05, 0) is 94.1 Å². The maximum atomic E-state index is 9.49. The first-order valence-corrected chi connectivity index (χ1v) is 10.4. The summed E-state index contributed by atoms with van der Waals surface area (Å²) in [5.41, 5.74) is 4.24. The number of nitriles is 1. The average molecular weight is 547 g/mol. The molecule has 0 bridgehead atoms. The molecule has 1 N–H and O–H groups in total. The van der Waals surface area contributed by atoms with Crippen LogP contribution in [0.2, 0.25) is 0 Å². The zero-order valence-electron chi connectivity index (χ0n) is 12.6. The van der Waals surface area contributed by atoms with E-state index in [1.165, 1.54) is 30.4 Å². The second kappa shape index (κ2) is 7.49. The standard InChI is InChI=1S/C17H15I2N3S/c1-21-16-13(18)6-10(7-14(16)19)9-22-17-12(8-20)11-4-2-3-5-15(11)23-17/h6-7,9,21H,2-5H2,1H3. The van der Waals surface area contributed by atoms with E-state index in [1.807, 2.05) is 13.3 Å². The summed E-state index contributed by atoms with van der Waals surface area (Å²) >= 11 is 6.35. The van der Waals surface area contributed by atoms with Gasteiger partial charge in [-0.3, -0.25) is 0 Å². The Balaban J connectivity index is 1.95. The van der Waals surface area contributed by atoms with Crippen LogP contribution in [0, 0.1) is 18.5 Å². The van der Waals surface area contributed by atoms with Crippen LogP contribution in [0.25, 0.3) is 0 Å². The topological polar surface area (TPSA) is 48.2 Å². The number of aryl methyl sites for hydroxylation is 1. The molecule has 0 radical (unpaired) electrons. The van der Waals surface area contributed by atoms with Gasteiger partial charge in [-0.15, -0.1) is 11.3 Å². The number of thiophene rings is 1. The van der Waals surface area contributed by atoms with Crippen LogP contribution in [0.1, 0.15) is 34.4 Å². The Hall–Kier alpha value is -0.660. The third-order valence-corrected chi connectivity index (χ3v) is 6.81. The van der Waals surface area contributed by atoms with E-state index in [0.717, 1.165) is 34.7 Å². The van der Waals surface area contributed by atoms with E-state index in [2.05, 4.69) is 73.7 Å². The molecular weight excluding hydrogens is 532 g/mol. The first kappa shape index (κ1) is 17.2. The molecule has 6 heteroatoms. The second-order valence-electron chi connectivity index (χ2n) is 5.37. The minimum absolute atomic E-state index is 0.789. The van der Waals surface area contributed by atoms with Crippen molar-refractivity contribution in [3.63, 3.8) is 0 Å². The van der Waals surface area contributed by atoms with E-state index >= 15 is 0 Å². The Morgan fingerprint density at radius 2 is 1.96 bits per heavy atom. The second-order valence-corrected chi connectivity index (χ2v) is 8.78. The van der Waals surface area contributed by atoms with Crippen LogP contribution in [-0.2, 0) is 12.8 Å². The van der Waals surface area contributed by atoms with Crippen molar-refractivity contribution in [1.82, 2.24) is 0 Å². The van der Waals surface area contributed by atoms with Gasteiger partial charge >= 0.3 is 0 Å². The third-order valence-electron chi connectivity index (χ3n) is 3.91. The summed E-state index contributed by atoms with van der Waals surface area (Å²) < 4.78 is 2.34. The third kappa shape index (κ3) is 3.56. The highest BCUT2D eigenvalue weighted by Crippen LogP contribution is 2.39. The van der Waals surface area contributed by atoms with Crippen LogP contribution in [0.3, 0.4) is 0 Å². The molecule has 118 valence electrons. The maximum absolute atomic E-state index is 9.49. The normalized spacial score (nSPS) is 13.8. The molecule has 3 rings (SSSR count). The summed E-state index contributed by atoms with van der Waals surface area (Å²) in [6.45, 7) is 0. The summed E-state index contributed by atoms with van der Waals surface area (Å²) in [7, 11) is 1.93. The molecule has 0 saturated heterocycles. The highest BCUT2D eigenvalue weighted by atomic mass is 127. The van der Waals surface area contributed by atoms with E-state index in [1.54, 1.807) is 11.3 Å². The van der Waals surface area contributed by atoms with Crippen molar-refractivity contribution in [2.45, 2.75) is 25.7 Å². The quantitative estimate of drug-likeness (QED) is 0.408. The number of aliphatic imine (C=N–C) groups is 1. The van der Waals surface area contributed by atoms with Gasteiger partial charge in [0, 0.05) is 25.3 Å². The van der Waals surface area contributed by atoms with E-state index in [0.29, 0.717) is 0 Å². The van der Waals surface area contributed by atoms with Crippen molar-refractivity contribution < 1.29 is 0 Å². The van der Waals surface area contributed by atoms with Gasteiger partial charge in [-0.2, -0.15) is 5.26 Å². The van der Waals surface area contributed by atoms with Crippen molar-refractivity contribution in [3.05, 3.63) is 40.8 Å². The Bertz CT molecular complexity index is 795. The van der Waals surface area contributed by atoms with E-state index in [-0.39, 0.29) is 0 Å². The fourth-order valence-electron chi connectivity index (χ4n) is 2.80. The van der Waals surface area contributed by atoms with Gasteiger partial charge in [-0.25, -0.2) is 4.99 Å². The molecule has 3 nitrogen and oxygen atoms in total. The van der Waals surface area contributed by atoms with Gasteiger partial charge in [0.05, 0.1) is 11.3 Å². The van der Waals surface area contributed by atoms with Crippen molar-refractivity contribution in [3.8, 4) is 6.07 Å². The molecule has 23 heavy (non-hydrogen) atoms. The van der Waals surface area contributed by atoms with E-state index < -0.39 is 0 Å². The fourth-order valence-corrected chi connectivity index (χ4v) is 6.34. The zero-order chi connectivity index (χ0) is 16.4. The molecule has 1 aliphatic rings. The lowest BCUT2D eigenvalue weighted by atomic mass is 9.96. The average Bonchev–Trinajstić information content (AvgIpc) is 2.90. The number of halogens is 2. The highest BCUT2D eigenvalue weighted by Gasteiger charge is 2.20. The lowest BCUT2D eigenvalue weighted by Gasteiger charge is -2.09. The number of benzene rings is 1. The summed E-state index contributed by atoms with van der Waals surface area (Å²) in [6, 6.07) is 6.58. The van der Waals surface area contributed by atoms with Gasteiger partial charge in [-0.1, -0.05) is 0 Å². The summed E-state index contributed by atoms with van der Waals surface area (Å²) in [4.78, 5) is 5.99. The number of nitrogens with zero attached hydrogens (tertiary/aromatic N) is 2. The first-order chi connectivity index (χ1) is 11.1. The minimum atomic E-state index is 0.789. The van der Waals surface area contributed by atoms with Crippen LogP contribution >= 0.6 is 56.5 Å². The molecule has 2 aromatic rings. The number of rotatable bonds is 3. The van der Waals surface area contributed by atoms with Crippen LogP contribution in [0.5, 0.6) is 0 Å². The highest BCUT2D eigenvalue weighted by molar-refractivity contribution is 14.1. The summed E-state index contributed by atoms with van der Waals surface area (Å²) in [5.74, 6) is 0. The van der Waals surface area contributed by atoms with E-state index in [9.17, 15) is 5.26 Å². The molecule has 1 heterocycles. The Kier molecular flexibility index (Phi) is 5.59. The van der Waals surface area contributed by atoms with Crippen LogP contribution < -0.4 is 5.32 Å². The predicted molar refractivity (Wildman–Crippen MR) is 114 cm³/mol. The molecule has 0 atom stereocenters. The lowest BCUT2D eigenvalue weighted by Crippen LogP contribution is -1.99. The first-order valence-electron chi connectivity index (χ1n) is 7.39. The Labute approximate surface area is 167 Å². The van der Waals surface area contributed by atoms with E-state index in [4.69, 9.17) is 0 Å². The molecule has 0 aliphatic heterocycles. The smallest absolute Gasteiger partial charge is 0.134 e. The largest absolute Gasteiger partial charge is 0.386 e. The zero-order valence-corrected chi connectivity index (χ0v) is 17.8. The number of nitrogens with one attached hydrogen (secondary N) is 1. The van der Waals surface area contributed by atoms with Gasteiger partial charge < -0.3 is 5.32 Å². The monoisotopic (exact) mass is 547 g/mol. The van der Waals surface area contributed by atoms with Gasteiger partial charge in [0.2, 0.25) is 0 Å². The number of hydrogen-bond acceptors (Lipinski definition) is 4. The molecule has 1 aliphatic carbocycles. The predicted octanol–water partition coefficient (Wildman–Crippen LogP) is 5.50. The van der Waals surface area contributed by atoms with Crippen molar-refractivity contribution in [2.75, 3.05) is 12.4 Å². The SMILES string of the molecule is CNc1c(I)cc(C=Nc2sc3c(c2C#N)CCCC3)cc1I. The molecule has 0 saturated carbocycles. The Morgan fingerprint density at radius 1 is 1.26 bits per heavy atom. The molecule has 0 unspecified atom stereocenters. The number of fused-ring (bicyclic) bond motifs is 1. The van der Waals surface area contributed by atoms with Crippen LogP contribution in [0.4, 0.5) is 10.7 Å². The van der Waals surface area contributed by atoms with Gasteiger partial charge in [0.1, 0.15) is 11.1 Å². The molecule has 1 aromatic carbocycles. The van der Waals surface area contributed by atoms with Crippen molar-refractivity contribution in [2.24, 2.45) is 4.99 Å². The van der Waals surface area contributed by atoms with Crippen LogP contribution in [-0.4, -0.2) is 13.3 Å². The fraction of sp³-hybridized carbons (Fsp3) is 0.294. The molecule has 0 fully saturated rings. The van der Waals surface area contributed by atoms with Gasteiger partial charge in [0.25, 0.3) is 0 Å². The van der Waals surface area contributed by atoms with Gasteiger partial charge in [0.15, 0.2) is 0 Å². The van der Waals surface area contributed by atoms with Crippen molar-refractivity contribution >= 4 is 73.4 Å². The summed E-state index contributed by atoms with van der Waals surface area (Å²) in [5, 5.41) is 13.6. The minimum Gasteiger partial charge on any atom is -0.386 e. The van der Waals surface area contributed by atoms with Crippen LogP contribution in [0.15, 0.2) is 17.1 Å². The molecular formula is C17H15I2N3S. The number of hydrogen-bond donors (Lipinski definition) is 1. The lowest BCUT2D eigenvalue weighted by molar-refractivity contribution is 0.696. The van der Waals surface area contributed by atoms with Crippen molar-refractivity contribution in [1.29, 1.82) is 5.26 Å². The number of anilines is 1. The molecule has 0 spiro atoms. The molecule has 1 aromatic heterocycles. The summed E-state index contributed by atoms with van der Waals surface area (Å²) in [6.07, 6.45) is 6.41. The Morgan fingerprint density at radius 3 is 2.61 bits per heavy atom. The molecule has 0 amide bonds. The maximum Gasteiger partial charge on any atom is 0.134 e.